The summed E-state index contributed by atoms with van der Waals surface area (Å²) in [6.07, 6.45) is 2.46. The summed E-state index contributed by atoms with van der Waals surface area (Å²) in [6.45, 7) is 2.30. The van der Waals surface area contributed by atoms with Gasteiger partial charge in [-0.1, -0.05) is 35.0 Å². The molecule has 0 aliphatic rings. The summed E-state index contributed by atoms with van der Waals surface area (Å²) >= 11 is 3.12. The number of hydrogen-bond acceptors (Lipinski definition) is 3. The Morgan fingerprint density at radius 2 is 2.29 bits per heavy atom. The van der Waals surface area contributed by atoms with E-state index in [4.69, 9.17) is 4.74 Å². The molecule has 128 valence electrons. The molecule has 0 unspecified atom stereocenters. The Hall–Kier alpha value is -2.15. The molecule has 0 spiro atoms. The number of nitrogens with zero attached hydrogens (tertiary/aromatic N) is 2. The van der Waals surface area contributed by atoms with Crippen LogP contribution in [0.2, 0.25) is 0 Å². The van der Waals surface area contributed by atoms with Crippen molar-refractivity contribution in [2.75, 3.05) is 6.61 Å². The molecule has 0 aliphatic heterocycles. The molecule has 0 radical (unpaired) electrons. The zero-order valence-corrected chi connectivity index (χ0v) is 15.1. The van der Waals surface area contributed by atoms with Crippen LogP contribution in [0.1, 0.15) is 28.7 Å². The van der Waals surface area contributed by atoms with Crippen LogP contribution < -0.4 is 10.1 Å². The number of amides is 1. The van der Waals surface area contributed by atoms with Crippen molar-refractivity contribution in [2.24, 2.45) is 7.05 Å². The maximum Gasteiger partial charge on any atom is 0.269 e. The second kappa shape index (κ2) is 8.63. The van der Waals surface area contributed by atoms with Crippen molar-refractivity contribution in [3.05, 3.63) is 58.1 Å². The smallest absolute Gasteiger partial charge is 0.269 e. The van der Waals surface area contributed by atoms with E-state index in [1.165, 1.54) is 4.68 Å². The Morgan fingerprint density at radius 1 is 1.50 bits per heavy atom. The van der Waals surface area contributed by atoms with Crippen LogP contribution in [0, 0.1) is 5.82 Å². The fourth-order valence-corrected chi connectivity index (χ4v) is 2.31. The zero-order chi connectivity index (χ0) is 17.5. The Bertz CT molecular complexity index is 743. The van der Waals surface area contributed by atoms with Crippen LogP contribution in [-0.4, -0.2) is 22.3 Å². The van der Waals surface area contributed by atoms with Crippen LogP contribution in [0.3, 0.4) is 0 Å². The summed E-state index contributed by atoms with van der Waals surface area (Å²) in [5, 5.41) is 6.94. The lowest BCUT2D eigenvalue weighted by Crippen LogP contribution is -2.25. The third kappa shape index (κ3) is 4.44. The van der Waals surface area contributed by atoms with Gasteiger partial charge in [-0.05, 0) is 29.6 Å². The number of ether oxygens (including phenoxy) is 1. The maximum absolute atomic E-state index is 14.4. The van der Waals surface area contributed by atoms with Gasteiger partial charge < -0.3 is 10.1 Å². The molecule has 1 aromatic heterocycles. The molecule has 0 bridgehead atoms. The van der Waals surface area contributed by atoms with E-state index < -0.39 is 5.82 Å². The van der Waals surface area contributed by atoms with Crippen molar-refractivity contribution in [1.29, 1.82) is 0 Å². The van der Waals surface area contributed by atoms with Crippen molar-refractivity contribution in [2.45, 2.75) is 19.9 Å². The summed E-state index contributed by atoms with van der Waals surface area (Å²) < 4.78 is 21.2. The highest BCUT2D eigenvalue weighted by Gasteiger charge is 2.14. The van der Waals surface area contributed by atoms with Crippen molar-refractivity contribution in [1.82, 2.24) is 15.1 Å². The van der Waals surface area contributed by atoms with Gasteiger partial charge in [-0.25, -0.2) is 4.39 Å². The number of hydrogen-bond donors (Lipinski definition) is 1. The minimum absolute atomic E-state index is 0.0722. The number of aryl methyl sites for hydroxylation is 2. The Balaban J connectivity index is 2.04. The molecule has 7 heteroatoms. The lowest BCUT2D eigenvalue weighted by molar-refractivity contribution is 0.0941. The average molecular weight is 396 g/mol. The molecule has 24 heavy (non-hydrogen) atoms. The Kier molecular flexibility index (Phi) is 6.54. The van der Waals surface area contributed by atoms with E-state index in [0.717, 1.165) is 12.1 Å². The van der Waals surface area contributed by atoms with E-state index in [9.17, 15) is 9.18 Å². The molecule has 0 aliphatic carbocycles. The van der Waals surface area contributed by atoms with Crippen LogP contribution in [0.25, 0.3) is 0 Å². The largest absolute Gasteiger partial charge is 0.486 e. The first-order valence-corrected chi connectivity index (χ1v) is 8.44. The summed E-state index contributed by atoms with van der Waals surface area (Å²) in [4.78, 5) is 13.9. The molecule has 2 aromatic rings. The normalized spacial score (nSPS) is 11.0. The van der Waals surface area contributed by atoms with Crippen LogP contribution in [0.15, 0.2) is 35.3 Å². The summed E-state index contributed by atoms with van der Waals surface area (Å²) in [7, 11) is 1.71. The van der Waals surface area contributed by atoms with E-state index in [0.29, 0.717) is 11.3 Å². The van der Waals surface area contributed by atoms with Crippen molar-refractivity contribution in [3.63, 3.8) is 0 Å². The first-order chi connectivity index (χ1) is 11.6. The maximum atomic E-state index is 14.4. The van der Waals surface area contributed by atoms with Crippen molar-refractivity contribution < 1.29 is 13.9 Å². The second-order valence-electron chi connectivity index (χ2n) is 5.08. The molecule has 0 fully saturated rings. The Morgan fingerprint density at radius 3 is 2.96 bits per heavy atom. The predicted octanol–water partition coefficient (Wildman–Crippen LogP) is 3.34. The molecule has 5 nitrogen and oxygen atoms in total. The molecule has 0 saturated carbocycles. The molecule has 1 aromatic carbocycles. The predicted molar refractivity (Wildman–Crippen MR) is 93.7 cm³/mol. The zero-order valence-electron chi connectivity index (χ0n) is 13.6. The quantitative estimate of drug-likeness (QED) is 0.781. The molecule has 0 saturated heterocycles. The summed E-state index contributed by atoms with van der Waals surface area (Å²) in [6, 6.07) is 6.59. The van der Waals surface area contributed by atoms with Gasteiger partial charge in [0, 0.05) is 19.2 Å². The van der Waals surface area contributed by atoms with Gasteiger partial charge in [0.05, 0.1) is 5.69 Å². The third-order valence-electron chi connectivity index (χ3n) is 3.43. The minimum Gasteiger partial charge on any atom is -0.486 e. The van der Waals surface area contributed by atoms with E-state index >= 15 is 0 Å². The number of carbonyl (C=O) groups is 1. The highest BCUT2D eigenvalue weighted by molar-refractivity contribution is 9.11. The van der Waals surface area contributed by atoms with E-state index in [1.807, 2.05) is 6.92 Å². The highest BCUT2D eigenvalue weighted by atomic mass is 79.9. The van der Waals surface area contributed by atoms with Crippen molar-refractivity contribution in [3.8, 4) is 5.75 Å². The Labute approximate surface area is 148 Å². The van der Waals surface area contributed by atoms with E-state index in [1.54, 1.807) is 42.4 Å². The van der Waals surface area contributed by atoms with Crippen LogP contribution in [-0.2, 0) is 20.0 Å². The number of carbonyl (C=O) groups excluding carboxylic acids is 1. The monoisotopic (exact) mass is 395 g/mol. The molecule has 2 rings (SSSR count). The summed E-state index contributed by atoms with van der Waals surface area (Å²) in [5.74, 6) is -0.612. The SMILES string of the molecule is CCc1cc(C(=O)NCc2cccc(OCC=CBr)c2F)n(C)n1. The minimum atomic E-state index is -0.472. The molecule has 0 atom stereocenters. The molecule has 1 heterocycles. The lowest BCUT2D eigenvalue weighted by atomic mass is 10.2. The van der Waals surface area contributed by atoms with Gasteiger partial charge in [0.2, 0.25) is 0 Å². The van der Waals surface area contributed by atoms with Gasteiger partial charge >= 0.3 is 0 Å². The first kappa shape index (κ1) is 18.2. The highest BCUT2D eigenvalue weighted by Crippen LogP contribution is 2.20. The van der Waals surface area contributed by atoms with E-state index in [2.05, 4.69) is 26.3 Å². The van der Waals surface area contributed by atoms with Gasteiger partial charge in [-0.15, -0.1) is 0 Å². The average Bonchev–Trinajstić information content (AvgIpc) is 2.96. The third-order valence-corrected chi connectivity index (χ3v) is 3.81. The fraction of sp³-hybridized carbons (Fsp3) is 0.294. The number of aromatic nitrogens is 2. The number of rotatable bonds is 7. The van der Waals surface area contributed by atoms with Crippen LogP contribution >= 0.6 is 15.9 Å². The van der Waals surface area contributed by atoms with Crippen LogP contribution in [0.4, 0.5) is 4.39 Å². The molecule has 1 amide bonds. The van der Waals surface area contributed by atoms with Gasteiger partial charge in [-0.3, -0.25) is 9.48 Å². The number of nitrogens with one attached hydrogen (secondary N) is 1. The molecule has 1 N–H and O–H groups in total. The second-order valence-corrected chi connectivity index (χ2v) is 5.61. The van der Waals surface area contributed by atoms with Gasteiger partial charge in [0.1, 0.15) is 12.3 Å². The number of halogens is 2. The van der Waals surface area contributed by atoms with Gasteiger partial charge in [0.25, 0.3) is 5.91 Å². The summed E-state index contributed by atoms with van der Waals surface area (Å²) in [5.41, 5.74) is 1.65. The topological polar surface area (TPSA) is 56.1 Å². The lowest BCUT2D eigenvalue weighted by Gasteiger charge is -2.10. The van der Waals surface area contributed by atoms with Crippen LogP contribution in [0.5, 0.6) is 5.75 Å². The standard InChI is InChI=1S/C17H19BrFN3O2/c1-3-13-10-14(22(2)21-13)17(23)20-11-12-6-4-7-15(16(12)19)24-9-5-8-18/h4-8,10H,3,9,11H2,1-2H3,(H,20,23). The number of benzene rings is 1. The fourth-order valence-electron chi connectivity index (χ4n) is 2.16. The van der Waals surface area contributed by atoms with E-state index in [-0.39, 0.29) is 24.8 Å². The molecular formula is C17H19BrFN3O2. The van der Waals surface area contributed by atoms with Gasteiger partial charge in [-0.2, -0.15) is 5.10 Å². The molecular weight excluding hydrogens is 377 g/mol. The van der Waals surface area contributed by atoms with Crippen molar-refractivity contribution >= 4 is 21.8 Å². The van der Waals surface area contributed by atoms with Gasteiger partial charge in [0.15, 0.2) is 11.6 Å². The first-order valence-electron chi connectivity index (χ1n) is 7.53.